The molecule has 296 valence electrons. The Hall–Kier alpha value is -4.26. The molecule has 1 aromatic carbocycles. The highest BCUT2D eigenvalue weighted by atomic mass is 31.2. The summed E-state index contributed by atoms with van der Waals surface area (Å²) in [5.74, 6) is 0.146. The highest BCUT2D eigenvalue weighted by Crippen LogP contribution is 2.50. The first-order valence-electron chi connectivity index (χ1n) is 16.4. The number of H-pyrrole nitrogens is 1. The summed E-state index contributed by atoms with van der Waals surface area (Å²) in [6, 6.07) is 7.77. The van der Waals surface area contributed by atoms with E-state index < -0.39 is 83.5 Å². The summed E-state index contributed by atoms with van der Waals surface area (Å²) < 4.78 is 60.4. The molecule has 2 aliphatic rings. The lowest BCUT2D eigenvalue weighted by atomic mass is 10.1. The Bertz CT molecular complexity index is 2340. The number of hydrogen-bond donors (Lipinski definition) is 8. The Labute approximate surface area is 309 Å². The molecule has 2 aliphatic heterocycles. The van der Waals surface area contributed by atoms with Crippen molar-refractivity contribution < 1.29 is 61.8 Å². The fraction of sp³-hybridized carbons (Fsp3) is 0.448. The van der Waals surface area contributed by atoms with Crippen molar-refractivity contribution in [3.05, 3.63) is 64.7 Å². The van der Waals surface area contributed by atoms with Gasteiger partial charge in [-0.2, -0.15) is 4.98 Å². The number of imidazole rings is 2. The molecule has 26 heteroatoms. The molecule has 6 heterocycles. The number of methoxy groups -OCH3 is 1. The lowest BCUT2D eigenvalue weighted by molar-refractivity contribution is -0.0582. The van der Waals surface area contributed by atoms with Crippen LogP contribution in [-0.2, 0) is 43.5 Å². The third kappa shape index (κ3) is 8.04. The van der Waals surface area contributed by atoms with Crippen molar-refractivity contribution in [2.75, 3.05) is 31.4 Å². The Balaban J connectivity index is 1.08. The number of nitrogens with two attached hydrogens (primary N) is 1. The van der Waals surface area contributed by atoms with Gasteiger partial charge in [-0.05, 0) is 18.1 Å². The SMILES string of the molecule is COC1C(OP(=O)(O)OCC2OC(n3cnc4c(=O)[nH]c(N)nc43)C(O)C2O)C(COP(=O)(O)O)OC1n1cnc2c(NCc3ccccc3C)ncnc21. The van der Waals surface area contributed by atoms with Gasteiger partial charge in [-0.25, -0.2) is 29.1 Å². The second-order valence-corrected chi connectivity index (χ2v) is 15.2. The Morgan fingerprint density at radius 2 is 1.60 bits per heavy atom. The molecule has 0 saturated carbocycles. The van der Waals surface area contributed by atoms with Crippen molar-refractivity contribution in [1.29, 1.82) is 0 Å². The van der Waals surface area contributed by atoms with E-state index in [1.54, 1.807) is 0 Å². The molecular formula is C29H36N10O14P2. The molecule has 9 unspecified atom stereocenters. The van der Waals surface area contributed by atoms with Crippen LogP contribution in [-0.4, -0.2) is 121 Å². The van der Waals surface area contributed by atoms with Crippen LogP contribution in [0.3, 0.4) is 0 Å². The average molecular weight is 811 g/mol. The van der Waals surface area contributed by atoms with Crippen molar-refractivity contribution in [2.45, 2.75) is 62.5 Å². The molecule has 0 bridgehead atoms. The number of anilines is 2. The number of aromatic nitrogens is 8. The van der Waals surface area contributed by atoms with Gasteiger partial charge >= 0.3 is 15.6 Å². The summed E-state index contributed by atoms with van der Waals surface area (Å²) in [5, 5.41) is 24.7. The standard InChI is InChI=1S/C29H36N10O14P2/c1-13-5-3-4-6-14(13)7-31-23-17-24(33-10-32-23)38(11-34-17)28-22(48-2)21(16(52-28)9-49-54(43,44)45)53-55(46,47)50-8-15-19(40)20(41)27(51-15)39-12-35-18-25(39)36-29(30)37-26(18)42/h3-6,10-12,15-16,19-22,27-28,40-41H,7-9H2,1-2H3,(H,46,47)(H,31,32,33)(H2,43,44,45)(H3,30,36,37,42). The topological polar surface area (TPSA) is 336 Å². The number of fused-ring (bicyclic) bond motifs is 2. The van der Waals surface area contributed by atoms with E-state index in [4.69, 9.17) is 29.0 Å². The predicted molar refractivity (Wildman–Crippen MR) is 186 cm³/mol. The molecule has 0 spiro atoms. The number of aryl methyl sites for hydroxylation is 1. The number of phosphoric ester groups is 2. The monoisotopic (exact) mass is 810 g/mol. The van der Waals surface area contributed by atoms with E-state index in [-0.39, 0.29) is 22.8 Å². The Morgan fingerprint density at radius 3 is 2.33 bits per heavy atom. The molecule has 0 radical (unpaired) electrons. The number of rotatable bonds is 14. The third-order valence-electron chi connectivity index (χ3n) is 9.02. The van der Waals surface area contributed by atoms with E-state index in [1.807, 2.05) is 31.2 Å². The number of nitrogens with one attached hydrogen (secondary N) is 2. The van der Waals surface area contributed by atoms with Crippen LogP contribution in [0.4, 0.5) is 11.8 Å². The van der Waals surface area contributed by atoms with E-state index >= 15 is 0 Å². The van der Waals surface area contributed by atoms with Crippen molar-refractivity contribution >= 4 is 49.7 Å². The summed E-state index contributed by atoms with van der Waals surface area (Å²) in [6.45, 7) is 0.757. The van der Waals surface area contributed by atoms with Crippen LogP contribution in [0.15, 0.2) is 48.0 Å². The predicted octanol–water partition coefficient (Wildman–Crippen LogP) is -0.395. The first kappa shape index (κ1) is 39.0. The Morgan fingerprint density at radius 1 is 0.909 bits per heavy atom. The maximum absolute atomic E-state index is 13.4. The fourth-order valence-corrected chi connectivity index (χ4v) is 7.65. The van der Waals surface area contributed by atoms with Gasteiger partial charge in [0.2, 0.25) is 5.95 Å². The van der Waals surface area contributed by atoms with E-state index in [2.05, 4.69) is 39.7 Å². The summed E-state index contributed by atoms with van der Waals surface area (Å²) in [6.07, 6.45) is -7.82. The van der Waals surface area contributed by atoms with Gasteiger partial charge in [0.05, 0.1) is 25.9 Å². The van der Waals surface area contributed by atoms with E-state index in [1.165, 1.54) is 24.3 Å². The minimum atomic E-state index is -5.16. The lowest BCUT2D eigenvalue weighted by Gasteiger charge is -2.26. The molecule has 4 aromatic heterocycles. The number of nitrogens with zero attached hydrogens (tertiary/aromatic N) is 7. The second-order valence-electron chi connectivity index (χ2n) is 12.5. The molecule has 9 atom stereocenters. The molecule has 55 heavy (non-hydrogen) atoms. The zero-order chi connectivity index (χ0) is 39.2. The molecule has 0 aliphatic carbocycles. The van der Waals surface area contributed by atoms with Crippen molar-refractivity contribution in [3.63, 3.8) is 0 Å². The van der Waals surface area contributed by atoms with Gasteiger partial charge in [-0.1, -0.05) is 24.3 Å². The molecule has 7 rings (SSSR count). The Kier molecular flexibility index (Phi) is 10.9. The molecule has 5 aromatic rings. The maximum atomic E-state index is 13.4. The highest BCUT2D eigenvalue weighted by molar-refractivity contribution is 7.47. The van der Waals surface area contributed by atoms with Gasteiger partial charge in [-0.15, -0.1) is 0 Å². The minimum absolute atomic E-state index is 0.0629. The number of hydrogen-bond acceptors (Lipinski definition) is 18. The van der Waals surface area contributed by atoms with Crippen LogP contribution in [0.1, 0.15) is 23.6 Å². The number of aliphatic hydroxyl groups is 2. The highest BCUT2D eigenvalue weighted by Gasteiger charge is 2.52. The zero-order valence-corrected chi connectivity index (χ0v) is 30.6. The van der Waals surface area contributed by atoms with Crippen LogP contribution in [0.2, 0.25) is 0 Å². The average Bonchev–Trinajstić information content (AvgIpc) is 3.90. The summed E-state index contributed by atoms with van der Waals surface area (Å²) in [4.78, 5) is 65.2. The molecule has 2 fully saturated rings. The first-order valence-corrected chi connectivity index (χ1v) is 19.4. The van der Waals surface area contributed by atoms with Crippen molar-refractivity contribution in [1.82, 2.24) is 39.0 Å². The van der Waals surface area contributed by atoms with Gasteiger partial charge in [0.15, 0.2) is 40.6 Å². The smallest absolute Gasteiger partial charge is 0.387 e. The number of aromatic amines is 1. The number of benzene rings is 1. The molecule has 24 nitrogen and oxygen atoms in total. The number of ether oxygens (including phenoxy) is 3. The largest absolute Gasteiger partial charge is 0.472 e. The van der Waals surface area contributed by atoms with Crippen molar-refractivity contribution in [2.24, 2.45) is 0 Å². The van der Waals surface area contributed by atoms with Crippen LogP contribution in [0, 0.1) is 6.92 Å². The summed E-state index contributed by atoms with van der Waals surface area (Å²) in [5.41, 5.74) is 7.47. The molecule has 9 N–H and O–H groups in total. The molecular weight excluding hydrogens is 774 g/mol. The zero-order valence-electron chi connectivity index (χ0n) is 28.8. The van der Waals surface area contributed by atoms with E-state index in [9.17, 15) is 38.8 Å². The minimum Gasteiger partial charge on any atom is -0.387 e. The number of nitrogen functional groups attached to an aromatic ring is 1. The van der Waals surface area contributed by atoms with Gasteiger partial charge in [0, 0.05) is 13.7 Å². The van der Waals surface area contributed by atoms with Gasteiger partial charge in [-0.3, -0.25) is 32.5 Å². The number of phosphoric acid groups is 2. The van der Waals surface area contributed by atoms with Crippen LogP contribution < -0.4 is 16.6 Å². The normalized spacial score (nSPS) is 26.9. The van der Waals surface area contributed by atoms with Crippen molar-refractivity contribution in [3.8, 4) is 0 Å². The third-order valence-corrected chi connectivity index (χ3v) is 10.5. The van der Waals surface area contributed by atoms with Gasteiger partial charge < -0.3 is 50.2 Å². The number of aliphatic hydroxyl groups excluding tert-OH is 2. The van der Waals surface area contributed by atoms with E-state index in [0.717, 1.165) is 22.0 Å². The maximum Gasteiger partial charge on any atom is 0.472 e. The second kappa shape index (κ2) is 15.3. The first-order chi connectivity index (χ1) is 26.1. The van der Waals surface area contributed by atoms with Gasteiger partial charge in [0.1, 0.15) is 43.0 Å². The quantitative estimate of drug-likeness (QED) is 0.0662. The fourth-order valence-electron chi connectivity index (χ4n) is 6.35. The van der Waals surface area contributed by atoms with Gasteiger partial charge in [0.25, 0.3) is 5.56 Å². The summed E-state index contributed by atoms with van der Waals surface area (Å²) in [7, 11) is -8.98. The molecule has 2 saturated heterocycles. The van der Waals surface area contributed by atoms with Crippen LogP contribution >= 0.6 is 15.6 Å². The molecule has 0 amide bonds. The van der Waals surface area contributed by atoms with Crippen LogP contribution in [0.5, 0.6) is 0 Å². The van der Waals surface area contributed by atoms with Crippen LogP contribution in [0.25, 0.3) is 22.3 Å². The summed E-state index contributed by atoms with van der Waals surface area (Å²) >= 11 is 0. The lowest BCUT2D eigenvalue weighted by Crippen LogP contribution is -2.38. The van der Waals surface area contributed by atoms with E-state index in [0.29, 0.717) is 17.9 Å².